The van der Waals surface area contributed by atoms with E-state index in [9.17, 15) is 4.39 Å². The van der Waals surface area contributed by atoms with Crippen molar-refractivity contribution in [1.29, 1.82) is 0 Å². The first-order valence-corrected chi connectivity index (χ1v) is 17.4. The molecular weight excluding hydrogens is 330 g/mol. The zero-order valence-electron chi connectivity index (χ0n) is 3.72. The number of halogens is 6. The minimum atomic E-state index is -4.33. The van der Waals surface area contributed by atoms with Gasteiger partial charge in [-0.2, -0.15) is 0 Å². The Morgan fingerprint density at radius 1 is 0.875 bits per heavy atom. The van der Waals surface area contributed by atoms with E-state index in [1.165, 1.54) is 0 Å². The van der Waals surface area contributed by atoms with Gasteiger partial charge < -0.3 is 0 Å². The monoisotopic (exact) mass is 330 g/mol. The minimum absolute atomic E-state index is 0.500. The quantitative estimate of drug-likeness (QED) is 0.594. The normalized spacial score (nSPS) is 15.1. The second kappa shape index (κ2) is 4.15. The predicted octanol–water partition coefficient (Wildman–Crippen LogP) is 3.65. The van der Waals surface area contributed by atoms with Gasteiger partial charge in [-0.3, -0.25) is 4.39 Å². The topological polar surface area (TPSA) is 0 Å². The Kier molecular flexibility index (Phi) is 6.67. The Hall–Kier alpha value is 2.20. The van der Waals surface area contributed by atoms with Gasteiger partial charge in [0.1, 0.15) is 0 Å². The molecular formula is CH3Cl5FSb. The molecule has 0 bridgehead atoms. The van der Waals surface area contributed by atoms with E-state index in [1.54, 1.807) is 0 Å². The van der Waals surface area contributed by atoms with Crippen molar-refractivity contribution in [1.82, 2.24) is 0 Å². The molecule has 0 aromatic heterocycles. The number of hydrogen-bond acceptors (Lipinski definition) is 0. The fourth-order valence-corrected chi connectivity index (χ4v) is 0. The molecule has 0 saturated carbocycles. The molecule has 0 fully saturated rings. The molecule has 0 aliphatic heterocycles. The first-order chi connectivity index (χ1) is 3.24. The Balaban J connectivity index is 0. The van der Waals surface area contributed by atoms with Crippen molar-refractivity contribution in [2.45, 2.75) is 0 Å². The van der Waals surface area contributed by atoms with Crippen molar-refractivity contribution in [3.05, 3.63) is 0 Å². The van der Waals surface area contributed by atoms with Crippen LogP contribution in [-0.2, 0) is 0 Å². The third kappa shape index (κ3) is 87.9. The van der Waals surface area contributed by atoms with Crippen LogP contribution in [0.3, 0.4) is 0 Å². The van der Waals surface area contributed by atoms with Crippen molar-refractivity contribution in [2.24, 2.45) is 0 Å². The summed E-state index contributed by atoms with van der Waals surface area (Å²) in [5, 5.41) is 0. The molecule has 0 amide bonds. The summed E-state index contributed by atoms with van der Waals surface area (Å²) in [5.41, 5.74) is 0. The van der Waals surface area contributed by atoms with E-state index in [0.29, 0.717) is 7.18 Å². The molecule has 0 nitrogen and oxygen atoms in total. The molecule has 0 aromatic rings. The van der Waals surface area contributed by atoms with Gasteiger partial charge in [0.25, 0.3) is 0 Å². The van der Waals surface area contributed by atoms with Gasteiger partial charge in [-0.15, -0.1) is 0 Å². The molecule has 0 rings (SSSR count). The zero-order valence-corrected chi connectivity index (χ0v) is 10.0. The van der Waals surface area contributed by atoms with Gasteiger partial charge in [-0.1, -0.05) is 0 Å². The first-order valence-electron chi connectivity index (χ1n) is 1.22. The van der Waals surface area contributed by atoms with Crippen LogP contribution < -0.4 is 0 Å². The second-order valence-corrected chi connectivity index (χ2v) is 38.6. The summed E-state index contributed by atoms with van der Waals surface area (Å²) in [6, 6.07) is 0. The van der Waals surface area contributed by atoms with Gasteiger partial charge in [0.2, 0.25) is 0 Å². The van der Waals surface area contributed by atoms with E-state index in [1.807, 2.05) is 0 Å². The van der Waals surface area contributed by atoms with Crippen molar-refractivity contribution in [3.63, 3.8) is 0 Å². The maximum absolute atomic E-state index is 9.50. The molecule has 0 radical (unpaired) electrons. The predicted molar refractivity (Wildman–Crippen MR) is 42.1 cm³/mol. The van der Waals surface area contributed by atoms with Crippen molar-refractivity contribution in [3.8, 4) is 0 Å². The molecule has 8 heavy (non-hydrogen) atoms. The molecule has 0 aromatic carbocycles. The van der Waals surface area contributed by atoms with Gasteiger partial charge in [-0.25, -0.2) is 0 Å². The van der Waals surface area contributed by atoms with Crippen LogP contribution in [-0.4, -0.2) is 18.9 Å². The van der Waals surface area contributed by atoms with Crippen LogP contribution in [0, 0.1) is 0 Å². The number of alkyl halides is 1. The Morgan fingerprint density at radius 2 is 0.875 bits per heavy atom. The van der Waals surface area contributed by atoms with Crippen molar-refractivity contribution < 1.29 is 4.39 Å². The molecule has 0 aliphatic carbocycles. The molecule has 0 unspecified atom stereocenters. The summed E-state index contributed by atoms with van der Waals surface area (Å²) in [5.74, 6) is 0. The van der Waals surface area contributed by atoms with E-state index in [0.717, 1.165) is 0 Å². The fourth-order valence-electron chi connectivity index (χ4n) is 0. The average Bonchev–Trinajstić information content (AvgIpc) is 1.33. The molecule has 0 saturated heterocycles. The van der Waals surface area contributed by atoms with Crippen LogP contribution in [0.5, 0.6) is 0 Å². The molecule has 0 heterocycles. The number of hydrogen-bond donors (Lipinski definition) is 0. The molecule has 0 spiro atoms. The van der Waals surface area contributed by atoms with Crippen LogP contribution in [0.4, 0.5) is 4.39 Å². The average molecular weight is 333 g/mol. The molecule has 54 valence electrons. The summed E-state index contributed by atoms with van der Waals surface area (Å²) in [6.07, 6.45) is 0. The third-order valence-electron chi connectivity index (χ3n) is 0. The van der Waals surface area contributed by atoms with Crippen LogP contribution >= 0.6 is 44.1 Å². The van der Waals surface area contributed by atoms with Gasteiger partial charge in [0.05, 0.1) is 7.18 Å². The summed E-state index contributed by atoms with van der Waals surface area (Å²) in [6.45, 7) is 0. The van der Waals surface area contributed by atoms with Crippen LogP contribution in [0.15, 0.2) is 0 Å². The van der Waals surface area contributed by atoms with Gasteiger partial charge in [-0.05, 0) is 0 Å². The van der Waals surface area contributed by atoms with Gasteiger partial charge in [0.15, 0.2) is 0 Å². The summed E-state index contributed by atoms with van der Waals surface area (Å²) < 4.78 is 9.50. The molecule has 0 aliphatic rings. The Morgan fingerprint density at radius 3 is 0.875 bits per heavy atom. The fraction of sp³-hybridized carbons (Fsp3) is 1.00. The summed E-state index contributed by atoms with van der Waals surface area (Å²) in [4.78, 5) is 0. The van der Waals surface area contributed by atoms with Crippen LogP contribution in [0.1, 0.15) is 0 Å². The van der Waals surface area contributed by atoms with E-state index in [-0.39, 0.29) is 0 Å². The van der Waals surface area contributed by atoms with Crippen LogP contribution in [0.2, 0.25) is 0 Å². The standard InChI is InChI=1S/CH3F.5ClH.Sb/c1-2;;;;;;/h1H3;5*1H;/q;;;;;;+5/p-5. The summed E-state index contributed by atoms with van der Waals surface area (Å²) >= 11 is -4.33. The van der Waals surface area contributed by atoms with E-state index in [2.05, 4.69) is 0 Å². The Labute approximate surface area is 66.6 Å². The van der Waals surface area contributed by atoms with E-state index < -0.39 is 11.7 Å². The molecule has 0 N–H and O–H groups in total. The first kappa shape index (κ1) is 12.8. The van der Waals surface area contributed by atoms with E-state index in [4.69, 9.17) is 44.1 Å². The molecule has 7 heteroatoms. The molecule has 0 atom stereocenters. The van der Waals surface area contributed by atoms with Crippen LogP contribution in [0.25, 0.3) is 0 Å². The second-order valence-electron chi connectivity index (χ2n) is 0.639. The van der Waals surface area contributed by atoms with Gasteiger partial charge >= 0.3 is 55.8 Å². The Bertz CT molecular complexity index is 45.6. The van der Waals surface area contributed by atoms with Gasteiger partial charge in [0, 0.05) is 0 Å². The number of rotatable bonds is 0. The summed E-state index contributed by atoms with van der Waals surface area (Å²) in [7, 11) is 25.7. The maximum atomic E-state index is 9.50. The SMILES string of the molecule is CF.[Cl][Sb]([Cl])([Cl])([Cl])[Cl]. The van der Waals surface area contributed by atoms with E-state index >= 15 is 0 Å². The van der Waals surface area contributed by atoms with Crippen molar-refractivity contribution in [2.75, 3.05) is 7.18 Å². The zero-order chi connectivity index (χ0) is 7.45. The van der Waals surface area contributed by atoms with Crippen molar-refractivity contribution >= 4 is 55.8 Å². The third-order valence-corrected chi connectivity index (χ3v) is 0.